The van der Waals surface area contributed by atoms with Crippen molar-refractivity contribution in [2.45, 2.75) is 95.3 Å². The Hall–Kier alpha value is -2.94. The number of fused-ring (bicyclic) bond motifs is 3. The van der Waals surface area contributed by atoms with Gasteiger partial charge in [-0.3, -0.25) is 23.9 Å². The van der Waals surface area contributed by atoms with Crippen LogP contribution in [0.15, 0.2) is 29.1 Å². The third-order valence-electron chi connectivity index (χ3n) is 9.41. The third-order valence-corrected chi connectivity index (χ3v) is 9.41. The van der Waals surface area contributed by atoms with Crippen LogP contribution in [0.5, 0.6) is 0 Å². The summed E-state index contributed by atoms with van der Waals surface area (Å²) >= 11 is 0. The number of carbonyl (C=O) groups is 2. The van der Waals surface area contributed by atoms with Gasteiger partial charge in [0.05, 0.1) is 30.2 Å². The summed E-state index contributed by atoms with van der Waals surface area (Å²) < 4.78 is 7.04. The van der Waals surface area contributed by atoms with Crippen molar-refractivity contribution in [1.82, 2.24) is 19.4 Å². The molecule has 4 aliphatic rings. The first-order valence-electron chi connectivity index (χ1n) is 15.0. The number of ether oxygens (including phenoxy) is 1. The summed E-state index contributed by atoms with van der Waals surface area (Å²) in [5.41, 5.74) is 1.57. The predicted molar refractivity (Wildman–Crippen MR) is 150 cm³/mol. The van der Waals surface area contributed by atoms with Gasteiger partial charge in [0.15, 0.2) is 5.82 Å². The minimum absolute atomic E-state index is 0.0326. The van der Waals surface area contributed by atoms with Crippen molar-refractivity contribution >= 4 is 28.7 Å². The van der Waals surface area contributed by atoms with Crippen molar-refractivity contribution in [3.63, 3.8) is 0 Å². The fourth-order valence-corrected chi connectivity index (χ4v) is 7.67. The molecule has 1 aliphatic carbocycles. The van der Waals surface area contributed by atoms with Crippen LogP contribution < -0.4 is 10.5 Å². The smallest absolute Gasteiger partial charge is 0.325 e. The normalized spacial score (nSPS) is 26.7. The number of anilines is 1. The van der Waals surface area contributed by atoms with E-state index in [0.29, 0.717) is 37.0 Å². The van der Waals surface area contributed by atoms with E-state index in [1.54, 1.807) is 11.8 Å². The number of carbonyl (C=O) groups excluding carboxylic acids is 2. The third kappa shape index (κ3) is 5.06. The summed E-state index contributed by atoms with van der Waals surface area (Å²) in [5, 5.41) is 0. The molecule has 1 aromatic carbocycles. The second-order valence-corrected chi connectivity index (χ2v) is 11.7. The lowest BCUT2D eigenvalue weighted by Crippen LogP contribution is -2.53. The topological polar surface area (TPSA) is 88.0 Å². The summed E-state index contributed by atoms with van der Waals surface area (Å²) in [7, 11) is 0. The van der Waals surface area contributed by atoms with E-state index >= 15 is 0 Å². The van der Waals surface area contributed by atoms with E-state index in [1.165, 1.54) is 56.3 Å². The van der Waals surface area contributed by atoms with E-state index in [2.05, 4.69) is 4.90 Å². The summed E-state index contributed by atoms with van der Waals surface area (Å²) in [6.07, 6.45) is 12.6. The average Bonchev–Trinajstić information content (AvgIpc) is 3.48. The van der Waals surface area contributed by atoms with Gasteiger partial charge in [0, 0.05) is 31.2 Å². The van der Waals surface area contributed by atoms with Gasteiger partial charge in [-0.1, -0.05) is 44.2 Å². The Labute approximate surface area is 230 Å². The highest BCUT2D eigenvalue weighted by molar-refractivity contribution is 5.86. The Morgan fingerprint density at radius 3 is 2.49 bits per heavy atom. The number of hydrogen-bond donors (Lipinski definition) is 0. The molecule has 39 heavy (non-hydrogen) atoms. The Kier molecular flexibility index (Phi) is 7.60. The number of esters is 1. The standard InChI is InChI=1S/C30H41N5O4/c1-2-39-28(37)20-32-16-17-33(19-27(32)36)29-30(38)35(24-13-9-8-12-23(24)31-29)26-18-22-14-15-25(26)34(22)21-10-6-4-3-5-7-11-21/h8-9,12-13,21-22,25-26H,2-7,10-11,14-20H2,1H3/t22-,25?,26+/m0/s1. The van der Waals surface area contributed by atoms with E-state index in [0.717, 1.165) is 23.9 Å². The van der Waals surface area contributed by atoms with Crippen LogP contribution in [0.2, 0.25) is 0 Å². The molecule has 9 nitrogen and oxygen atoms in total. The molecule has 0 radical (unpaired) electrons. The maximum absolute atomic E-state index is 14.2. The summed E-state index contributed by atoms with van der Waals surface area (Å²) in [4.78, 5) is 50.0. The van der Waals surface area contributed by atoms with Crippen molar-refractivity contribution in [2.75, 3.05) is 37.7 Å². The van der Waals surface area contributed by atoms with Gasteiger partial charge in [0.2, 0.25) is 5.91 Å². The number of aromatic nitrogens is 2. The van der Waals surface area contributed by atoms with Gasteiger partial charge in [-0.25, -0.2) is 4.98 Å². The quantitative estimate of drug-likeness (QED) is 0.523. The highest BCUT2D eigenvalue weighted by Crippen LogP contribution is 2.47. The zero-order valence-corrected chi connectivity index (χ0v) is 23.1. The summed E-state index contributed by atoms with van der Waals surface area (Å²) in [5.74, 6) is -0.251. The molecule has 3 atom stereocenters. The van der Waals surface area contributed by atoms with Crippen LogP contribution in [0.25, 0.3) is 11.0 Å². The number of rotatable bonds is 6. The lowest BCUT2D eigenvalue weighted by atomic mass is 9.94. The Bertz CT molecular complexity index is 1270. The minimum atomic E-state index is -0.407. The van der Waals surface area contributed by atoms with Crippen LogP contribution in [0.1, 0.15) is 77.2 Å². The van der Waals surface area contributed by atoms with Crippen molar-refractivity contribution in [3.05, 3.63) is 34.6 Å². The molecule has 1 aromatic heterocycles. The van der Waals surface area contributed by atoms with Gasteiger partial charge in [-0.2, -0.15) is 0 Å². The average molecular weight is 536 g/mol. The second kappa shape index (κ2) is 11.3. The Morgan fingerprint density at radius 2 is 1.72 bits per heavy atom. The first-order valence-corrected chi connectivity index (χ1v) is 15.0. The number of piperazine rings is 1. The van der Waals surface area contributed by atoms with Crippen LogP contribution in [-0.4, -0.2) is 82.1 Å². The van der Waals surface area contributed by atoms with E-state index in [9.17, 15) is 14.4 Å². The monoisotopic (exact) mass is 535 g/mol. The highest BCUT2D eigenvalue weighted by atomic mass is 16.5. The number of hydrogen-bond acceptors (Lipinski definition) is 7. The van der Waals surface area contributed by atoms with Gasteiger partial charge in [0.25, 0.3) is 5.56 Å². The molecule has 0 spiro atoms. The van der Waals surface area contributed by atoms with Gasteiger partial charge in [0.1, 0.15) is 6.54 Å². The zero-order valence-electron chi connectivity index (χ0n) is 23.1. The van der Waals surface area contributed by atoms with Crippen molar-refractivity contribution in [3.8, 4) is 0 Å². The largest absolute Gasteiger partial charge is 0.465 e. The summed E-state index contributed by atoms with van der Waals surface area (Å²) in [6, 6.07) is 9.58. The second-order valence-electron chi connectivity index (χ2n) is 11.7. The number of amides is 1. The molecular weight excluding hydrogens is 494 g/mol. The molecule has 1 amide bonds. The lowest BCUT2D eigenvalue weighted by molar-refractivity contribution is -0.149. The molecule has 210 valence electrons. The molecule has 6 rings (SSSR count). The van der Waals surface area contributed by atoms with Gasteiger partial charge < -0.3 is 14.5 Å². The molecule has 3 saturated heterocycles. The van der Waals surface area contributed by atoms with Crippen LogP contribution in [-0.2, 0) is 14.3 Å². The maximum Gasteiger partial charge on any atom is 0.325 e. The molecule has 1 unspecified atom stereocenters. The fourth-order valence-electron chi connectivity index (χ4n) is 7.67. The maximum atomic E-state index is 14.2. The van der Waals surface area contributed by atoms with Crippen molar-refractivity contribution in [2.24, 2.45) is 0 Å². The SMILES string of the molecule is CCOC(=O)CN1CCN(c2nc3ccccc3n([C@@H]3C[C@@H]4CCC3N4C3CCCCCCC3)c2=O)CC1=O. The van der Waals surface area contributed by atoms with Crippen molar-refractivity contribution < 1.29 is 14.3 Å². The number of para-hydroxylation sites is 2. The van der Waals surface area contributed by atoms with Crippen LogP contribution in [0, 0.1) is 0 Å². The predicted octanol–water partition coefficient (Wildman–Crippen LogP) is 3.50. The summed E-state index contributed by atoms with van der Waals surface area (Å²) in [6.45, 7) is 2.82. The Morgan fingerprint density at radius 1 is 0.949 bits per heavy atom. The highest BCUT2D eigenvalue weighted by Gasteiger charge is 2.50. The fraction of sp³-hybridized carbons (Fsp3) is 0.667. The molecule has 4 heterocycles. The molecule has 4 fully saturated rings. The molecular formula is C30H41N5O4. The van der Waals surface area contributed by atoms with Crippen LogP contribution >= 0.6 is 0 Å². The number of nitrogens with zero attached hydrogens (tertiary/aromatic N) is 5. The van der Waals surface area contributed by atoms with Crippen molar-refractivity contribution in [1.29, 1.82) is 0 Å². The van der Waals surface area contributed by atoms with Gasteiger partial charge in [-0.05, 0) is 51.2 Å². The van der Waals surface area contributed by atoms with Gasteiger partial charge in [-0.15, -0.1) is 0 Å². The van der Waals surface area contributed by atoms with E-state index in [-0.39, 0.29) is 37.2 Å². The molecule has 2 bridgehead atoms. The molecule has 3 aliphatic heterocycles. The van der Waals surface area contributed by atoms with Crippen LogP contribution in [0.3, 0.4) is 0 Å². The van der Waals surface area contributed by atoms with Gasteiger partial charge >= 0.3 is 5.97 Å². The van der Waals surface area contributed by atoms with E-state index in [1.807, 2.05) is 28.8 Å². The molecule has 2 aromatic rings. The molecule has 1 saturated carbocycles. The molecule has 9 heteroatoms. The first kappa shape index (κ1) is 26.3. The molecule has 0 N–H and O–H groups in total. The van der Waals surface area contributed by atoms with Crippen LogP contribution in [0.4, 0.5) is 5.82 Å². The number of benzene rings is 1. The minimum Gasteiger partial charge on any atom is -0.465 e. The Balaban J connectivity index is 1.29. The van der Waals surface area contributed by atoms with E-state index < -0.39 is 5.97 Å². The lowest BCUT2D eigenvalue weighted by Gasteiger charge is -2.35. The zero-order chi connectivity index (χ0) is 26.9. The first-order chi connectivity index (χ1) is 19.0. The van der Waals surface area contributed by atoms with E-state index in [4.69, 9.17) is 9.72 Å².